The first-order valence-corrected chi connectivity index (χ1v) is 5.13. The number of halogens is 2. The predicted molar refractivity (Wildman–Crippen MR) is 60.8 cm³/mol. The Morgan fingerprint density at radius 3 is 2.47 bits per heavy atom. The molecule has 0 aliphatic carbocycles. The highest BCUT2D eigenvalue weighted by molar-refractivity contribution is 5.34. The number of nitrogens with zero attached hydrogens (tertiary/aromatic N) is 1. The van der Waals surface area contributed by atoms with Crippen LogP contribution in [0.15, 0.2) is 12.1 Å². The molecule has 0 aliphatic rings. The molecule has 88 valence electrons. The van der Waals surface area contributed by atoms with E-state index >= 15 is 0 Å². The van der Waals surface area contributed by atoms with Crippen molar-refractivity contribution >= 4 is 0 Å². The molecule has 1 aromatic carbocycles. The van der Waals surface area contributed by atoms with Crippen molar-refractivity contribution in [1.29, 1.82) is 5.26 Å². The Morgan fingerprint density at radius 2 is 2.00 bits per heavy atom. The summed E-state index contributed by atoms with van der Waals surface area (Å²) in [6.07, 6.45) is 5.61. The van der Waals surface area contributed by atoms with E-state index in [4.69, 9.17) is 11.7 Å². The molecule has 4 heteroatoms. The van der Waals surface area contributed by atoms with Gasteiger partial charge in [0.2, 0.25) is 0 Å². The van der Waals surface area contributed by atoms with Gasteiger partial charge in [-0.2, -0.15) is 5.26 Å². The average molecular weight is 234 g/mol. The van der Waals surface area contributed by atoms with Gasteiger partial charge in [0.25, 0.3) is 0 Å². The largest absolute Gasteiger partial charge is 0.309 e. The average Bonchev–Trinajstić information content (AvgIpc) is 2.28. The summed E-state index contributed by atoms with van der Waals surface area (Å²) in [5.41, 5.74) is -0.103. The fourth-order valence-corrected chi connectivity index (χ4v) is 1.36. The fraction of sp³-hybridized carbons (Fsp3) is 0.308. The maximum absolute atomic E-state index is 13.5. The van der Waals surface area contributed by atoms with Crippen LogP contribution >= 0.6 is 0 Å². The first-order chi connectivity index (χ1) is 8.08. The van der Waals surface area contributed by atoms with Crippen molar-refractivity contribution < 1.29 is 8.78 Å². The Balaban J connectivity index is 2.79. The van der Waals surface area contributed by atoms with Crippen molar-refractivity contribution in [3.8, 4) is 18.4 Å². The van der Waals surface area contributed by atoms with Gasteiger partial charge >= 0.3 is 0 Å². The molecule has 0 saturated carbocycles. The van der Waals surface area contributed by atoms with Crippen molar-refractivity contribution in [3.63, 3.8) is 0 Å². The second kappa shape index (κ2) is 5.98. The lowest BCUT2D eigenvalue weighted by Gasteiger charge is -2.12. The molecule has 0 amide bonds. The molecular formula is C13H12F2N2. The zero-order chi connectivity index (χ0) is 12.8. The van der Waals surface area contributed by atoms with Gasteiger partial charge in [-0.3, -0.25) is 0 Å². The highest BCUT2D eigenvalue weighted by atomic mass is 19.1. The molecule has 0 spiro atoms. The zero-order valence-electron chi connectivity index (χ0n) is 9.43. The molecule has 0 aromatic heterocycles. The molecule has 0 bridgehead atoms. The summed E-state index contributed by atoms with van der Waals surface area (Å²) in [5, 5.41) is 11.5. The van der Waals surface area contributed by atoms with E-state index in [0.717, 1.165) is 12.1 Å². The van der Waals surface area contributed by atoms with E-state index in [-0.39, 0.29) is 23.7 Å². The maximum Gasteiger partial charge on any atom is 0.131 e. The van der Waals surface area contributed by atoms with Gasteiger partial charge in [-0.1, -0.05) is 0 Å². The number of rotatable bonds is 4. The third kappa shape index (κ3) is 3.55. The molecular weight excluding hydrogens is 222 g/mol. The number of hydrogen-bond donors (Lipinski definition) is 1. The van der Waals surface area contributed by atoms with Gasteiger partial charge in [-0.05, 0) is 19.1 Å². The van der Waals surface area contributed by atoms with Crippen LogP contribution in [-0.2, 0) is 6.54 Å². The van der Waals surface area contributed by atoms with Crippen LogP contribution < -0.4 is 5.32 Å². The molecule has 0 fully saturated rings. The SMILES string of the molecule is C#CCC(C)NCc1c(F)cc(C#N)cc1F. The summed E-state index contributed by atoms with van der Waals surface area (Å²) < 4.78 is 26.9. The van der Waals surface area contributed by atoms with Crippen LogP contribution in [0.1, 0.15) is 24.5 Å². The van der Waals surface area contributed by atoms with Gasteiger partial charge in [0.05, 0.1) is 11.6 Å². The quantitative estimate of drug-likeness (QED) is 0.812. The van der Waals surface area contributed by atoms with E-state index in [1.165, 1.54) is 0 Å². The van der Waals surface area contributed by atoms with E-state index in [1.807, 2.05) is 6.92 Å². The lowest BCUT2D eigenvalue weighted by Crippen LogP contribution is -2.26. The lowest BCUT2D eigenvalue weighted by molar-refractivity contribution is 0.504. The van der Waals surface area contributed by atoms with Crippen molar-refractivity contribution in [2.45, 2.75) is 25.9 Å². The zero-order valence-corrected chi connectivity index (χ0v) is 9.43. The number of nitriles is 1. The number of benzene rings is 1. The number of nitrogens with one attached hydrogen (secondary N) is 1. The normalized spacial score (nSPS) is 11.6. The Morgan fingerprint density at radius 1 is 1.41 bits per heavy atom. The second-order valence-electron chi connectivity index (χ2n) is 3.72. The summed E-state index contributed by atoms with van der Waals surface area (Å²) >= 11 is 0. The predicted octanol–water partition coefficient (Wildman–Crippen LogP) is 2.34. The minimum absolute atomic E-state index is 0.0190. The van der Waals surface area contributed by atoms with Crippen LogP contribution in [0, 0.1) is 35.3 Å². The second-order valence-corrected chi connectivity index (χ2v) is 3.72. The molecule has 1 N–H and O–H groups in total. The minimum Gasteiger partial charge on any atom is -0.309 e. The summed E-state index contributed by atoms with van der Waals surface area (Å²) in [4.78, 5) is 0. The van der Waals surface area contributed by atoms with Crippen LogP contribution in [-0.4, -0.2) is 6.04 Å². The molecule has 1 aromatic rings. The van der Waals surface area contributed by atoms with Crippen LogP contribution in [0.25, 0.3) is 0 Å². The molecule has 1 atom stereocenters. The molecule has 0 radical (unpaired) electrons. The van der Waals surface area contributed by atoms with Gasteiger partial charge in [0.1, 0.15) is 11.6 Å². The van der Waals surface area contributed by atoms with Gasteiger partial charge in [-0.25, -0.2) is 8.78 Å². The van der Waals surface area contributed by atoms with E-state index in [0.29, 0.717) is 6.42 Å². The molecule has 0 heterocycles. The summed E-state index contributed by atoms with van der Waals surface area (Å²) in [6, 6.07) is 3.71. The van der Waals surface area contributed by atoms with Crippen molar-refractivity contribution in [1.82, 2.24) is 5.32 Å². The third-order valence-corrected chi connectivity index (χ3v) is 2.32. The van der Waals surface area contributed by atoms with Crippen molar-refractivity contribution in [2.75, 3.05) is 0 Å². The molecule has 17 heavy (non-hydrogen) atoms. The lowest BCUT2D eigenvalue weighted by atomic mass is 10.1. The highest BCUT2D eigenvalue weighted by Gasteiger charge is 2.11. The third-order valence-electron chi connectivity index (χ3n) is 2.32. The van der Waals surface area contributed by atoms with Gasteiger partial charge in [0.15, 0.2) is 0 Å². The van der Waals surface area contributed by atoms with Crippen molar-refractivity contribution in [2.24, 2.45) is 0 Å². The van der Waals surface area contributed by atoms with Crippen molar-refractivity contribution in [3.05, 3.63) is 34.9 Å². The maximum atomic E-state index is 13.5. The van der Waals surface area contributed by atoms with E-state index in [9.17, 15) is 8.78 Å². The van der Waals surface area contributed by atoms with E-state index < -0.39 is 11.6 Å². The number of terminal acetylenes is 1. The minimum atomic E-state index is -0.720. The molecule has 0 saturated heterocycles. The van der Waals surface area contributed by atoms with E-state index in [1.54, 1.807) is 6.07 Å². The Hall–Kier alpha value is -1.91. The topological polar surface area (TPSA) is 35.8 Å². The summed E-state index contributed by atoms with van der Waals surface area (Å²) in [5.74, 6) is 1.02. The van der Waals surface area contributed by atoms with E-state index in [2.05, 4.69) is 11.2 Å². The first kappa shape index (κ1) is 13.2. The molecule has 0 aliphatic heterocycles. The Kier molecular flexibility index (Phi) is 4.63. The van der Waals surface area contributed by atoms with Crippen LogP contribution in [0.5, 0.6) is 0 Å². The molecule has 1 unspecified atom stereocenters. The summed E-state index contributed by atoms with van der Waals surface area (Å²) in [6.45, 7) is 1.88. The van der Waals surface area contributed by atoms with Crippen LogP contribution in [0.3, 0.4) is 0 Å². The monoisotopic (exact) mass is 234 g/mol. The molecule has 1 rings (SSSR count). The van der Waals surface area contributed by atoms with Gasteiger partial charge < -0.3 is 5.32 Å². The summed E-state index contributed by atoms with van der Waals surface area (Å²) in [7, 11) is 0. The smallest absolute Gasteiger partial charge is 0.131 e. The van der Waals surface area contributed by atoms with Crippen LogP contribution in [0.2, 0.25) is 0 Å². The van der Waals surface area contributed by atoms with Crippen LogP contribution in [0.4, 0.5) is 8.78 Å². The van der Waals surface area contributed by atoms with Gasteiger partial charge in [0, 0.05) is 24.6 Å². The number of hydrogen-bond acceptors (Lipinski definition) is 2. The van der Waals surface area contributed by atoms with Gasteiger partial charge in [-0.15, -0.1) is 12.3 Å². The first-order valence-electron chi connectivity index (χ1n) is 5.13. The fourth-order valence-electron chi connectivity index (χ4n) is 1.36. The standard InChI is InChI=1S/C13H12F2N2/c1-3-4-9(2)17-8-11-12(14)5-10(7-16)6-13(11)15/h1,5-6,9,17H,4,8H2,2H3. The Bertz CT molecular complexity index is 460. The Labute approximate surface area is 99.3 Å². The highest BCUT2D eigenvalue weighted by Crippen LogP contribution is 2.15. The molecule has 2 nitrogen and oxygen atoms in total.